The minimum Gasteiger partial charge on any atom is -0.134 e. The van der Waals surface area contributed by atoms with E-state index in [-0.39, 0.29) is 0 Å². The van der Waals surface area contributed by atoms with Crippen molar-refractivity contribution in [2.45, 2.75) is 0 Å². The van der Waals surface area contributed by atoms with Crippen LogP contribution in [0.5, 0.6) is 0 Å². The first-order valence-electron chi connectivity index (χ1n) is 7.41. The summed E-state index contributed by atoms with van der Waals surface area (Å²) < 4.78 is 2.22. The molecular weight excluding hydrogens is 464 g/mol. The van der Waals surface area contributed by atoms with Crippen LogP contribution < -0.4 is 0 Å². The van der Waals surface area contributed by atoms with Gasteiger partial charge in [-0.1, -0.05) is 56.1 Å². The van der Waals surface area contributed by atoms with Crippen LogP contribution in [0.25, 0.3) is 30.6 Å². The molecule has 24 heavy (non-hydrogen) atoms. The molecule has 2 aromatic heterocycles. The maximum Gasteiger partial charge on any atom is 0.0449 e. The Morgan fingerprint density at radius 1 is 0.417 bits per heavy atom. The summed E-state index contributed by atoms with van der Waals surface area (Å²) in [4.78, 5) is 5.25. The van der Waals surface area contributed by atoms with Crippen molar-refractivity contribution in [3.05, 3.63) is 81.7 Å². The third kappa shape index (κ3) is 3.42. The largest absolute Gasteiger partial charge is 0.134 e. The Kier molecular flexibility index (Phi) is 4.72. The second kappa shape index (κ2) is 6.96. The van der Waals surface area contributed by atoms with E-state index in [0.717, 1.165) is 8.95 Å². The molecule has 0 spiro atoms. The molecule has 0 bridgehead atoms. The number of rotatable bonds is 3. The molecule has 2 aromatic carbocycles. The van der Waals surface area contributed by atoms with Gasteiger partial charge in [-0.3, -0.25) is 0 Å². The number of halogens is 2. The Bertz CT molecular complexity index is 882. The lowest BCUT2D eigenvalue weighted by Crippen LogP contribution is -1.70. The average molecular weight is 476 g/mol. The van der Waals surface area contributed by atoms with Crippen molar-refractivity contribution in [3.63, 3.8) is 0 Å². The molecule has 0 nitrogen and oxygen atoms in total. The second-order valence-corrected chi connectivity index (χ2v) is 9.34. The van der Waals surface area contributed by atoms with Crippen molar-refractivity contribution < 1.29 is 0 Å². The zero-order valence-electron chi connectivity index (χ0n) is 12.5. The maximum absolute atomic E-state index is 3.49. The maximum atomic E-state index is 3.49. The Morgan fingerprint density at radius 3 is 1.12 bits per heavy atom. The number of thiophene rings is 2. The highest BCUT2D eigenvalue weighted by molar-refractivity contribution is 9.10. The van der Waals surface area contributed by atoms with E-state index >= 15 is 0 Å². The normalized spacial score (nSPS) is 10.9. The third-order valence-electron chi connectivity index (χ3n) is 3.71. The van der Waals surface area contributed by atoms with Gasteiger partial charge < -0.3 is 0 Å². The summed E-state index contributed by atoms with van der Waals surface area (Å²) in [5.74, 6) is 0. The van der Waals surface area contributed by atoms with Gasteiger partial charge in [0, 0.05) is 28.5 Å². The summed E-state index contributed by atoms with van der Waals surface area (Å²) in [7, 11) is 0. The molecular formula is C20H12Br2S2. The minimum atomic E-state index is 1.11. The van der Waals surface area contributed by atoms with Crippen LogP contribution in [0.15, 0.2) is 81.7 Å². The van der Waals surface area contributed by atoms with Gasteiger partial charge in [0.2, 0.25) is 0 Å². The lowest BCUT2D eigenvalue weighted by molar-refractivity contribution is 1.65. The summed E-state index contributed by atoms with van der Waals surface area (Å²) in [6.45, 7) is 0. The monoisotopic (exact) mass is 474 g/mol. The summed E-state index contributed by atoms with van der Waals surface area (Å²) in [5, 5.41) is 0. The van der Waals surface area contributed by atoms with Crippen molar-refractivity contribution in [2.24, 2.45) is 0 Å². The first-order valence-corrected chi connectivity index (χ1v) is 10.6. The van der Waals surface area contributed by atoms with Crippen molar-refractivity contribution >= 4 is 54.5 Å². The molecule has 0 fully saturated rings. The zero-order valence-corrected chi connectivity index (χ0v) is 17.3. The second-order valence-electron chi connectivity index (χ2n) is 5.34. The lowest BCUT2D eigenvalue weighted by Gasteiger charge is -1.97. The van der Waals surface area contributed by atoms with Crippen molar-refractivity contribution in [1.29, 1.82) is 0 Å². The molecule has 0 amide bonds. The molecule has 0 saturated heterocycles. The van der Waals surface area contributed by atoms with Gasteiger partial charge in [-0.25, -0.2) is 0 Å². The Labute approximate surface area is 166 Å². The Morgan fingerprint density at radius 2 is 0.750 bits per heavy atom. The molecule has 0 aliphatic rings. The highest BCUT2D eigenvalue weighted by Crippen LogP contribution is 2.40. The Balaban J connectivity index is 1.63. The Hall–Kier alpha value is -1.20. The highest BCUT2D eigenvalue weighted by Gasteiger charge is 2.09. The van der Waals surface area contributed by atoms with Crippen molar-refractivity contribution in [1.82, 2.24) is 0 Å². The fourth-order valence-electron chi connectivity index (χ4n) is 2.48. The lowest BCUT2D eigenvalue weighted by atomic mass is 10.2. The minimum absolute atomic E-state index is 1.11. The molecule has 118 valence electrons. The van der Waals surface area contributed by atoms with E-state index in [0.29, 0.717) is 0 Å². The van der Waals surface area contributed by atoms with Gasteiger partial charge in [-0.15, -0.1) is 22.7 Å². The number of benzene rings is 2. The molecule has 4 rings (SSSR count). The smallest absolute Gasteiger partial charge is 0.0449 e. The first kappa shape index (κ1) is 16.3. The van der Waals surface area contributed by atoms with Crippen LogP contribution in [0.2, 0.25) is 0 Å². The molecule has 0 radical (unpaired) electrons. The van der Waals surface area contributed by atoms with Gasteiger partial charge in [-0.05, 0) is 59.7 Å². The van der Waals surface area contributed by atoms with Gasteiger partial charge >= 0.3 is 0 Å². The van der Waals surface area contributed by atoms with E-state index in [1.54, 1.807) is 0 Å². The van der Waals surface area contributed by atoms with E-state index in [9.17, 15) is 0 Å². The SMILES string of the molecule is Brc1ccc(-c2ccc(-c3ccc(-c4ccc(Br)cc4)s3)s2)cc1. The van der Waals surface area contributed by atoms with E-state index in [4.69, 9.17) is 0 Å². The molecule has 0 atom stereocenters. The van der Waals surface area contributed by atoms with Crippen LogP contribution >= 0.6 is 54.5 Å². The molecule has 2 heterocycles. The van der Waals surface area contributed by atoms with Gasteiger partial charge in [0.25, 0.3) is 0 Å². The average Bonchev–Trinajstić information content (AvgIpc) is 3.25. The molecule has 0 N–H and O–H groups in total. The van der Waals surface area contributed by atoms with Gasteiger partial charge in [0.1, 0.15) is 0 Å². The summed E-state index contributed by atoms with van der Waals surface area (Å²) in [6.07, 6.45) is 0. The van der Waals surface area contributed by atoms with Crippen LogP contribution in [0, 0.1) is 0 Å². The first-order chi connectivity index (χ1) is 11.7. The fraction of sp³-hybridized carbons (Fsp3) is 0. The van der Waals surface area contributed by atoms with Crippen LogP contribution in [-0.4, -0.2) is 0 Å². The number of hydrogen-bond acceptors (Lipinski definition) is 2. The summed E-state index contributed by atoms with van der Waals surface area (Å²) >= 11 is 10.7. The van der Waals surface area contributed by atoms with E-state index in [2.05, 4.69) is 105 Å². The van der Waals surface area contributed by atoms with Crippen LogP contribution in [0.4, 0.5) is 0 Å². The highest BCUT2D eigenvalue weighted by atomic mass is 79.9. The molecule has 0 aliphatic heterocycles. The molecule has 0 aliphatic carbocycles. The summed E-state index contributed by atoms with van der Waals surface area (Å²) in [6, 6.07) is 25.8. The van der Waals surface area contributed by atoms with Crippen molar-refractivity contribution in [2.75, 3.05) is 0 Å². The fourth-order valence-corrected chi connectivity index (χ4v) is 5.12. The predicted octanol–water partition coefficient (Wildman–Crippen LogP) is 8.34. The molecule has 4 heteroatoms. The molecule has 4 aromatic rings. The van der Waals surface area contributed by atoms with Gasteiger partial charge in [0.15, 0.2) is 0 Å². The molecule has 0 saturated carbocycles. The molecule has 0 unspecified atom stereocenters. The zero-order chi connectivity index (χ0) is 16.5. The topological polar surface area (TPSA) is 0 Å². The van der Waals surface area contributed by atoms with Crippen molar-refractivity contribution in [3.8, 4) is 30.6 Å². The van der Waals surface area contributed by atoms with Gasteiger partial charge in [0.05, 0.1) is 0 Å². The quantitative estimate of drug-likeness (QED) is 0.279. The standard InChI is InChI=1S/C20H12Br2S2/c21-15-5-1-13(2-6-15)17-9-11-19(23-17)20-12-10-18(24-20)14-3-7-16(22)8-4-14/h1-12H. The van der Waals surface area contributed by atoms with E-state index in [1.807, 2.05) is 22.7 Å². The number of hydrogen-bond donors (Lipinski definition) is 0. The summed E-state index contributed by atoms with van der Waals surface area (Å²) in [5.41, 5.74) is 2.53. The predicted molar refractivity (Wildman–Crippen MR) is 114 cm³/mol. The van der Waals surface area contributed by atoms with E-state index in [1.165, 1.54) is 30.6 Å². The van der Waals surface area contributed by atoms with Gasteiger partial charge in [-0.2, -0.15) is 0 Å². The van der Waals surface area contributed by atoms with Crippen LogP contribution in [0.1, 0.15) is 0 Å². The van der Waals surface area contributed by atoms with Crippen LogP contribution in [0.3, 0.4) is 0 Å². The van der Waals surface area contributed by atoms with E-state index < -0.39 is 0 Å². The third-order valence-corrected chi connectivity index (χ3v) is 7.23. The van der Waals surface area contributed by atoms with Crippen LogP contribution in [-0.2, 0) is 0 Å².